The molecule has 180 valence electrons. The average Bonchev–Trinajstić information content (AvgIpc) is 3.34. The maximum Gasteiger partial charge on any atom is 0.234 e. The van der Waals surface area contributed by atoms with Crippen LogP contribution in [0.4, 0.5) is 5.82 Å². The Bertz CT molecular complexity index is 1250. The first kappa shape index (κ1) is 22.9. The number of anilines is 1. The van der Waals surface area contributed by atoms with Crippen LogP contribution in [0, 0.1) is 0 Å². The fourth-order valence-corrected chi connectivity index (χ4v) is 4.78. The number of carbonyl (C=O) groups excluding carboxylic acids is 1. The van der Waals surface area contributed by atoms with Crippen molar-refractivity contribution >= 4 is 22.6 Å². The predicted octanol–water partition coefficient (Wildman–Crippen LogP) is 3.64. The van der Waals surface area contributed by atoms with E-state index < -0.39 is 0 Å². The van der Waals surface area contributed by atoms with E-state index in [2.05, 4.69) is 55.5 Å². The zero-order chi connectivity index (χ0) is 24.0. The molecule has 0 spiro atoms. The average molecular weight is 470 g/mol. The van der Waals surface area contributed by atoms with Gasteiger partial charge in [0.15, 0.2) is 0 Å². The number of aromatic amines is 1. The number of piperazine rings is 1. The minimum absolute atomic E-state index is 0.0296. The second-order valence-electron chi connectivity index (χ2n) is 8.87. The highest BCUT2D eigenvalue weighted by molar-refractivity contribution is 5.84. The largest absolute Gasteiger partial charge is 0.497 e. The molecule has 4 aromatic rings. The van der Waals surface area contributed by atoms with E-state index in [0.29, 0.717) is 13.1 Å². The molecule has 3 heterocycles. The van der Waals surface area contributed by atoms with Gasteiger partial charge in [0.25, 0.3) is 0 Å². The molecular formula is C28H31N5O2. The van der Waals surface area contributed by atoms with Crippen LogP contribution in [0.25, 0.3) is 10.9 Å². The van der Waals surface area contributed by atoms with Crippen LogP contribution < -0.4 is 15.0 Å². The van der Waals surface area contributed by atoms with E-state index in [1.54, 1.807) is 7.11 Å². The summed E-state index contributed by atoms with van der Waals surface area (Å²) in [4.78, 5) is 25.2. The molecule has 1 aliphatic heterocycles. The van der Waals surface area contributed by atoms with Gasteiger partial charge in [0.2, 0.25) is 5.91 Å². The third kappa shape index (κ3) is 5.30. The summed E-state index contributed by atoms with van der Waals surface area (Å²) < 4.78 is 5.34. The number of pyridine rings is 1. The van der Waals surface area contributed by atoms with Crippen molar-refractivity contribution in [3.8, 4) is 5.75 Å². The number of methoxy groups -OCH3 is 1. The number of aromatic nitrogens is 2. The molecule has 0 bridgehead atoms. The van der Waals surface area contributed by atoms with Crippen molar-refractivity contribution in [2.24, 2.45) is 0 Å². The Balaban J connectivity index is 1.24. The number of rotatable bonds is 8. The highest BCUT2D eigenvalue weighted by Crippen LogP contribution is 2.31. The Labute approximate surface area is 205 Å². The smallest absolute Gasteiger partial charge is 0.234 e. The summed E-state index contributed by atoms with van der Waals surface area (Å²) >= 11 is 0. The van der Waals surface area contributed by atoms with Crippen LogP contribution in [0.2, 0.25) is 0 Å². The molecule has 0 radical (unpaired) electrons. The van der Waals surface area contributed by atoms with Gasteiger partial charge in [-0.2, -0.15) is 0 Å². The van der Waals surface area contributed by atoms with Gasteiger partial charge in [-0.3, -0.25) is 9.69 Å². The van der Waals surface area contributed by atoms with Gasteiger partial charge in [-0.15, -0.1) is 0 Å². The Morgan fingerprint density at radius 2 is 1.80 bits per heavy atom. The third-order valence-electron chi connectivity index (χ3n) is 6.73. The standard InChI is InChI=1S/C28H31N5O2/c1-35-22-11-9-21(10-12-22)24(25-19-30-26-7-3-2-6-23(25)26)18-31-28(34)20-32-14-16-33(17-15-32)27-8-4-5-13-29-27/h2-13,19,24,30H,14-18,20H2,1H3,(H,31,34)/t24-/m1/s1. The number of benzene rings is 2. The molecule has 0 aliphatic carbocycles. The number of nitrogens with zero attached hydrogens (tertiary/aromatic N) is 3. The van der Waals surface area contributed by atoms with Crippen LogP contribution in [-0.4, -0.2) is 67.2 Å². The number of hydrogen-bond donors (Lipinski definition) is 2. The first-order valence-electron chi connectivity index (χ1n) is 12.1. The number of amides is 1. The quantitative estimate of drug-likeness (QED) is 0.412. The van der Waals surface area contributed by atoms with E-state index in [4.69, 9.17) is 4.74 Å². The first-order chi connectivity index (χ1) is 17.2. The lowest BCUT2D eigenvalue weighted by Gasteiger charge is -2.35. The molecule has 1 aliphatic rings. The lowest BCUT2D eigenvalue weighted by Crippen LogP contribution is -2.50. The lowest BCUT2D eigenvalue weighted by molar-refractivity contribution is -0.122. The van der Waals surface area contributed by atoms with Crippen LogP contribution in [0.3, 0.4) is 0 Å². The molecule has 1 amide bonds. The van der Waals surface area contributed by atoms with Gasteiger partial charge in [0.1, 0.15) is 11.6 Å². The summed E-state index contributed by atoms with van der Waals surface area (Å²) in [5.74, 6) is 1.90. The SMILES string of the molecule is COc1ccc([C@@H](CNC(=O)CN2CCN(c3ccccn3)CC2)c2c[nH]c3ccccc23)cc1. The number of H-pyrrole nitrogens is 1. The van der Waals surface area contributed by atoms with Crippen molar-refractivity contribution in [2.45, 2.75) is 5.92 Å². The van der Waals surface area contributed by atoms with Crippen molar-refractivity contribution in [1.29, 1.82) is 0 Å². The summed E-state index contributed by atoms with van der Waals surface area (Å²) in [7, 11) is 1.67. The van der Waals surface area contributed by atoms with E-state index >= 15 is 0 Å². The summed E-state index contributed by atoms with van der Waals surface area (Å²) in [5.41, 5.74) is 3.41. The number of para-hydroxylation sites is 1. The Kier molecular flexibility index (Phi) is 6.95. The summed E-state index contributed by atoms with van der Waals surface area (Å²) in [6, 6.07) is 22.4. The zero-order valence-corrected chi connectivity index (χ0v) is 20.0. The van der Waals surface area contributed by atoms with Crippen molar-refractivity contribution < 1.29 is 9.53 Å². The number of fused-ring (bicyclic) bond motifs is 1. The molecule has 7 nitrogen and oxygen atoms in total. The van der Waals surface area contributed by atoms with Crippen LogP contribution in [0.5, 0.6) is 5.75 Å². The highest BCUT2D eigenvalue weighted by atomic mass is 16.5. The van der Waals surface area contributed by atoms with Gasteiger partial charge in [-0.05, 0) is 41.5 Å². The molecule has 5 rings (SSSR count). The summed E-state index contributed by atoms with van der Waals surface area (Å²) in [6.45, 7) is 4.35. The van der Waals surface area contributed by atoms with Gasteiger partial charge in [0.05, 0.1) is 13.7 Å². The minimum Gasteiger partial charge on any atom is -0.497 e. The fourth-order valence-electron chi connectivity index (χ4n) is 4.78. The Hall–Kier alpha value is -3.84. The molecule has 2 aromatic heterocycles. The summed E-state index contributed by atoms with van der Waals surface area (Å²) in [5, 5.41) is 4.38. The predicted molar refractivity (Wildman–Crippen MR) is 139 cm³/mol. The maximum atomic E-state index is 12.9. The van der Waals surface area contributed by atoms with E-state index in [9.17, 15) is 4.79 Å². The third-order valence-corrected chi connectivity index (χ3v) is 6.73. The molecular weight excluding hydrogens is 438 g/mol. The minimum atomic E-state index is 0.0296. The monoisotopic (exact) mass is 469 g/mol. The molecule has 2 aromatic carbocycles. The van der Waals surface area contributed by atoms with Gasteiger partial charge in [0, 0.05) is 61.9 Å². The number of hydrogen-bond acceptors (Lipinski definition) is 5. The Morgan fingerprint density at radius 3 is 2.54 bits per heavy atom. The Morgan fingerprint density at radius 1 is 1.03 bits per heavy atom. The maximum absolute atomic E-state index is 12.9. The van der Waals surface area contributed by atoms with Crippen molar-refractivity contribution in [1.82, 2.24) is 20.2 Å². The molecule has 1 atom stereocenters. The number of ether oxygens (including phenoxy) is 1. The fraction of sp³-hybridized carbons (Fsp3) is 0.286. The molecule has 0 unspecified atom stereocenters. The molecule has 7 heteroatoms. The van der Waals surface area contributed by atoms with Crippen molar-refractivity contribution in [2.75, 3.05) is 51.3 Å². The van der Waals surface area contributed by atoms with Gasteiger partial charge in [-0.25, -0.2) is 4.98 Å². The molecule has 2 N–H and O–H groups in total. The van der Waals surface area contributed by atoms with E-state index in [1.807, 2.05) is 48.7 Å². The van der Waals surface area contributed by atoms with Gasteiger partial charge in [-0.1, -0.05) is 36.4 Å². The van der Waals surface area contributed by atoms with Crippen molar-refractivity contribution in [3.63, 3.8) is 0 Å². The molecule has 0 saturated carbocycles. The van der Waals surface area contributed by atoms with Crippen LogP contribution >= 0.6 is 0 Å². The van der Waals surface area contributed by atoms with Gasteiger partial charge >= 0.3 is 0 Å². The van der Waals surface area contributed by atoms with E-state index in [1.165, 1.54) is 10.9 Å². The lowest BCUT2D eigenvalue weighted by atomic mass is 9.90. The zero-order valence-electron chi connectivity index (χ0n) is 20.0. The normalized spacial score (nSPS) is 15.2. The second-order valence-corrected chi connectivity index (χ2v) is 8.87. The summed E-state index contributed by atoms with van der Waals surface area (Å²) in [6.07, 6.45) is 3.88. The molecule has 1 saturated heterocycles. The number of carbonyl (C=O) groups is 1. The first-order valence-corrected chi connectivity index (χ1v) is 12.1. The van der Waals surface area contributed by atoms with Crippen molar-refractivity contribution in [3.05, 3.63) is 90.3 Å². The molecule has 1 fully saturated rings. The van der Waals surface area contributed by atoms with Crippen LogP contribution in [-0.2, 0) is 4.79 Å². The second kappa shape index (κ2) is 10.6. The van der Waals surface area contributed by atoms with Crippen LogP contribution in [0.15, 0.2) is 79.1 Å². The topological polar surface area (TPSA) is 73.5 Å². The van der Waals surface area contributed by atoms with Gasteiger partial charge < -0.3 is 19.9 Å². The molecule has 35 heavy (non-hydrogen) atoms. The van der Waals surface area contributed by atoms with Crippen LogP contribution in [0.1, 0.15) is 17.0 Å². The van der Waals surface area contributed by atoms with E-state index in [0.717, 1.165) is 48.8 Å². The highest BCUT2D eigenvalue weighted by Gasteiger charge is 2.22. The van der Waals surface area contributed by atoms with E-state index in [-0.39, 0.29) is 11.8 Å². The number of nitrogens with one attached hydrogen (secondary N) is 2.